The smallest absolute Gasteiger partial charge is 0.328 e. The van der Waals surface area contributed by atoms with Gasteiger partial charge < -0.3 is 26.8 Å². The number of aliphatic imine (C=N–C) groups is 1. The van der Waals surface area contributed by atoms with Crippen LogP contribution in [0.4, 0.5) is 0 Å². The zero-order valence-corrected chi connectivity index (χ0v) is 17.1. The average molecular weight is 412 g/mol. The van der Waals surface area contributed by atoms with Crippen molar-refractivity contribution in [2.45, 2.75) is 45.2 Å². The minimum absolute atomic E-state index is 0. The van der Waals surface area contributed by atoms with E-state index in [1.54, 1.807) is 18.7 Å². The molecule has 0 unspecified atom stereocenters. The largest absolute Gasteiger partial charge is 0.464 e. The molecule has 11 heteroatoms. The van der Waals surface area contributed by atoms with Gasteiger partial charge in [0, 0.05) is 13.5 Å². The van der Waals surface area contributed by atoms with Crippen molar-refractivity contribution >= 4 is 47.9 Å². The number of guanidine groups is 1. The fourth-order valence-electron chi connectivity index (χ4n) is 2.02. The fraction of sp³-hybridized carbons (Fsp3) is 0.733. The van der Waals surface area contributed by atoms with Gasteiger partial charge in [0.25, 0.3) is 0 Å². The standard InChI is InChI=1S/C15H29N5O4S.ClH/c1-4-24-14(23)12(6-5-8-18-15(16)17)20-13(22)11(7-9-25-3)19-10(2)21;/h11-12H,4-9H2,1-3H3,(H,19,21)(H,20,22)(H4,16,17,18);1H/t11-,12-;/m0./s1. The molecule has 0 aromatic rings. The van der Waals surface area contributed by atoms with Gasteiger partial charge in [-0.25, -0.2) is 4.79 Å². The average Bonchev–Trinajstić information content (AvgIpc) is 2.53. The molecule has 0 aromatic heterocycles. The number of nitrogens with zero attached hydrogens (tertiary/aromatic N) is 1. The third kappa shape index (κ3) is 12.6. The Morgan fingerprint density at radius 2 is 1.81 bits per heavy atom. The number of thioether (sulfide) groups is 1. The summed E-state index contributed by atoms with van der Waals surface area (Å²) in [7, 11) is 0. The molecule has 2 atom stereocenters. The van der Waals surface area contributed by atoms with E-state index >= 15 is 0 Å². The highest BCUT2D eigenvalue weighted by Crippen LogP contribution is 2.05. The van der Waals surface area contributed by atoms with Gasteiger partial charge in [-0.1, -0.05) is 0 Å². The Morgan fingerprint density at radius 1 is 1.15 bits per heavy atom. The number of halogens is 1. The number of carbonyl (C=O) groups excluding carboxylic acids is 3. The van der Waals surface area contributed by atoms with Gasteiger partial charge in [-0.05, 0) is 38.2 Å². The lowest BCUT2D eigenvalue weighted by atomic mass is 10.1. The predicted octanol–water partition coefficient (Wildman–Crippen LogP) is -0.232. The molecule has 6 N–H and O–H groups in total. The summed E-state index contributed by atoms with van der Waals surface area (Å²) in [6.45, 7) is 3.59. The van der Waals surface area contributed by atoms with Crippen LogP contribution in [-0.2, 0) is 19.1 Å². The molecule has 0 aromatic carbocycles. The van der Waals surface area contributed by atoms with Crippen LogP contribution < -0.4 is 22.1 Å². The molecule has 0 aliphatic carbocycles. The lowest BCUT2D eigenvalue weighted by Crippen LogP contribution is -2.51. The summed E-state index contributed by atoms with van der Waals surface area (Å²) in [5.41, 5.74) is 10.5. The summed E-state index contributed by atoms with van der Waals surface area (Å²) in [6, 6.07) is -1.51. The summed E-state index contributed by atoms with van der Waals surface area (Å²) >= 11 is 1.57. The molecule has 0 bridgehead atoms. The second-order valence-electron chi connectivity index (χ2n) is 5.30. The van der Waals surface area contributed by atoms with Crippen molar-refractivity contribution in [3.8, 4) is 0 Å². The third-order valence-electron chi connectivity index (χ3n) is 3.14. The van der Waals surface area contributed by atoms with Crippen molar-refractivity contribution in [3.63, 3.8) is 0 Å². The zero-order valence-electron chi connectivity index (χ0n) is 15.4. The minimum atomic E-state index is -0.813. The highest BCUT2D eigenvalue weighted by atomic mass is 35.5. The SMILES string of the molecule is CCOC(=O)[C@H](CCCN=C(N)N)NC(=O)[C@H](CCSC)NC(C)=O.Cl. The first kappa shape index (κ1) is 26.5. The minimum Gasteiger partial charge on any atom is -0.464 e. The van der Waals surface area contributed by atoms with E-state index in [0.29, 0.717) is 31.6 Å². The van der Waals surface area contributed by atoms with Crippen molar-refractivity contribution in [1.29, 1.82) is 0 Å². The van der Waals surface area contributed by atoms with Gasteiger partial charge in [0.05, 0.1) is 6.61 Å². The second-order valence-corrected chi connectivity index (χ2v) is 6.28. The highest BCUT2D eigenvalue weighted by molar-refractivity contribution is 7.98. The lowest BCUT2D eigenvalue weighted by molar-refractivity contribution is -0.147. The van der Waals surface area contributed by atoms with Crippen LogP contribution in [-0.4, -0.2) is 61.0 Å². The summed E-state index contributed by atoms with van der Waals surface area (Å²) in [5, 5.41) is 5.26. The highest BCUT2D eigenvalue weighted by Gasteiger charge is 2.26. The molecule has 26 heavy (non-hydrogen) atoms. The van der Waals surface area contributed by atoms with Crippen LogP contribution in [0, 0.1) is 0 Å². The van der Waals surface area contributed by atoms with E-state index in [4.69, 9.17) is 16.2 Å². The van der Waals surface area contributed by atoms with Gasteiger partial charge in [0.15, 0.2) is 5.96 Å². The number of amides is 2. The molecule has 0 aliphatic rings. The third-order valence-corrected chi connectivity index (χ3v) is 3.78. The van der Waals surface area contributed by atoms with Crippen LogP contribution >= 0.6 is 24.2 Å². The normalized spacial score (nSPS) is 12.1. The number of hydrogen-bond donors (Lipinski definition) is 4. The first-order valence-electron chi connectivity index (χ1n) is 8.10. The van der Waals surface area contributed by atoms with Crippen LogP contribution in [0.15, 0.2) is 4.99 Å². The molecule has 2 amide bonds. The van der Waals surface area contributed by atoms with Crippen LogP contribution in [0.25, 0.3) is 0 Å². The number of ether oxygens (including phenoxy) is 1. The van der Waals surface area contributed by atoms with Crippen molar-refractivity contribution < 1.29 is 19.1 Å². The summed E-state index contributed by atoms with van der Waals surface area (Å²) < 4.78 is 4.99. The molecular weight excluding hydrogens is 382 g/mol. The Kier molecular flexibility index (Phi) is 15.9. The van der Waals surface area contributed by atoms with Gasteiger partial charge >= 0.3 is 5.97 Å². The van der Waals surface area contributed by atoms with E-state index in [-0.39, 0.29) is 30.9 Å². The van der Waals surface area contributed by atoms with Crippen molar-refractivity contribution in [2.75, 3.05) is 25.2 Å². The second kappa shape index (κ2) is 15.6. The van der Waals surface area contributed by atoms with E-state index in [2.05, 4.69) is 15.6 Å². The number of rotatable bonds is 12. The number of esters is 1. The molecule has 0 heterocycles. The number of nitrogens with two attached hydrogens (primary N) is 2. The van der Waals surface area contributed by atoms with Gasteiger partial charge in [-0.2, -0.15) is 11.8 Å². The Labute approximate surface area is 164 Å². The van der Waals surface area contributed by atoms with E-state index < -0.39 is 24.0 Å². The maximum Gasteiger partial charge on any atom is 0.328 e. The Balaban J connectivity index is 0. The van der Waals surface area contributed by atoms with Gasteiger partial charge in [0.2, 0.25) is 11.8 Å². The van der Waals surface area contributed by atoms with Crippen molar-refractivity contribution in [3.05, 3.63) is 0 Å². The van der Waals surface area contributed by atoms with E-state index in [1.165, 1.54) is 6.92 Å². The molecule has 0 aliphatic heterocycles. The van der Waals surface area contributed by atoms with Crippen LogP contribution in [0.2, 0.25) is 0 Å². The van der Waals surface area contributed by atoms with Crippen LogP contribution in [0.1, 0.15) is 33.1 Å². The monoisotopic (exact) mass is 411 g/mol. The topological polar surface area (TPSA) is 149 Å². The van der Waals surface area contributed by atoms with E-state index in [1.807, 2.05) is 6.26 Å². The van der Waals surface area contributed by atoms with Crippen LogP contribution in [0.5, 0.6) is 0 Å². The fourth-order valence-corrected chi connectivity index (χ4v) is 2.49. The van der Waals surface area contributed by atoms with E-state index in [9.17, 15) is 14.4 Å². The Hall–Kier alpha value is -1.68. The zero-order chi connectivity index (χ0) is 19.2. The molecule has 0 fully saturated rings. The Bertz CT molecular complexity index is 475. The summed E-state index contributed by atoms with van der Waals surface area (Å²) in [4.78, 5) is 39.6. The molecule has 0 saturated carbocycles. The van der Waals surface area contributed by atoms with Gasteiger partial charge in [0.1, 0.15) is 12.1 Å². The summed E-state index contributed by atoms with van der Waals surface area (Å²) in [6.07, 6.45) is 3.21. The lowest BCUT2D eigenvalue weighted by Gasteiger charge is -2.22. The summed E-state index contributed by atoms with van der Waals surface area (Å²) in [5.74, 6) is -0.565. The maximum atomic E-state index is 12.4. The maximum absolute atomic E-state index is 12.4. The van der Waals surface area contributed by atoms with Gasteiger partial charge in [-0.3, -0.25) is 14.6 Å². The quantitative estimate of drug-likeness (QED) is 0.150. The molecule has 152 valence electrons. The van der Waals surface area contributed by atoms with Crippen LogP contribution in [0.3, 0.4) is 0 Å². The molecular formula is C15H30ClN5O4S. The number of carbonyl (C=O) groups is 3. The predicted molar refractivity (Wildman–Crippen MR) is 106 cm³/mol. The molecule has 0 radical (unpaired) electrons. The van der Waals surface area contributed by atoms with Gasteiger partial charge in [-0.15, -0.1) is 12.4 Å². The molecule has 0 saturated heterocycles. The van der Waals surface area contributed by atoms with Crippen molar-refractivity contribution in [1.82, 2.24) is 10.6 Å². The van der Waals surface area contributed by atoms with E-state index in [0.717, 1.165) is 0 Å². The first-order chi connectivity index (χ1) is 11.8. The molecule has 0 spiro atoms. The number of nitrogens with one attached hydrogen (secondary N) is 2. The molecule has 0 rings (SSSR count). The molecule has 9 nitrogen and oxygen atoms in total. The van der Waals surface area contributed by atoms with Crippen molar-refractivity contribution in [2.24, 2.45) is 16.5 Å². The Morgan fingerprint density at radius 3 is 2.31 bits per heavy atom. The first-order valence-corrected chi connectivity index (χ1v) is 9.49. The number of hydrogen-bond acceptors (Lipinski definition) is 6.